The van der Waals surface area contributed by atoms with Gasteiger partial charge in [0.2, 0.25) is 0 Å². The Morgan fingerprint density at radius 2 is 2.12 bits per heavy atom. The van der Waals surface area contributed by atoms with Crippen LogP contribution in [0.25, 0.3) is 0 Å². The summed E-state index contributed by atoms with van der Waals surface area (Å²) in [6, 6.07) is 0. The summed E-state index contributed by atoms with van der Waals surface area (Å²) in [5.41, 5.74) is -0.437. The number of hydrogen-bond acceptors (Lipinski definition) is 3. The second-order valence-electron chi connectivity index (χ2n) is 6.01. The minimum absolute atomic E-state index is 0.255. The van der Waals surface area contributed by atoms with E-state index in [-0.39, 0.29) is 12.2 Å². The fourth-order valence-electron chi connectivity index (χ4n) is 2.14. The summed E-state index contributed by atoms with van der Waals surface area (Å²) in [7, 11) is 0. The predicted molar refractivity (Wildman–Crippen MR) is 66.9 cm³/mol. The minimum Gasteiger partial charge on any atom is -0.444 e. The average Bonchev–Trinajstić information content (AvgIpc) is 2.59. The highest BCUT2D eigenvalue weighted by Gasteiger charge is 2.31. The topological polar surface area (TPSA) is 47.6 Å². The van der Waals surface area contributed by atoms with Crippen LogP contribution in [0.5, 0.6) is 0 Å². The summed E-state index contributed by atoms with van der Waals surface area (Å²) in [6.45, 7) is 11.3. The van der Waals surface area contributed by atoms with E-state index < -0.39 is 5.60 Å². The van der Waals surface area contributed by atoms with Crippen LogP contribution in [0.1, 0.15) is 41.0 Å². The zero-order valence-electron chi connectivity index (χ0n) is 11.6. The summed E-state index contributed by atoms with van der Waals surface area (Å²) >= 11 is 0. The monoisotopic (exact) mass is 243 g/mol. The quantitative estimate of drug-likeness (QED) is 0.828. The number of carbonyl (C=O) groups is 1. The molecule has 1 amide bonds. The molecule has 0 aromatic carbocycles. The zero-order chi connectivity index (χ0) is 13.1. The molecule has 4 nitrogen and oxygen atoms in total. The second-order valence-corrected chi connectivity index (χ2v) is 6.01. The van der Waals surface area contributed by atoms with Gasteiger partial charge in [0.15, 0.2) is 0 Å². The van der Waals surface area contributed by atoms with Crippen molar-refractivity contribution in [1.29, 1.82) is 0 Å². The fraction of sp³-hybridized carbons (Fsp3) is 0.923. The van der Waals surface area contributed by atoms with Crippen LogP contribution in [0.2, 0.25) is 0 Å². The molecule has 1 saturated heterocycles. The fourth-order valence-corrected chi connectivity index (χ4v) is 2.14. The van der Waals surface area contributed by atoms with Gasteiger partial charge in [-0.25, -0.2) is 4.79 Å². The number of hydrogen-bond donors (Lipinski definition) is 1. The van der Waals surface area contributed by atoms with Crippen molar-refractivity contribution >= 4 is 6.09 Å². The molecule has 1 rings (SSSR count). The molecule has 0 aliphatic carbocycles. The van der Waals surface area contributed by atoms with Crippen molar-refractivity contribution in [3.8, 4) is 0 Å². The molecule has 1 aliphatic heterocycles. The first-order valence-corrected chi connectivity index (χ1v) is 6.38. The van der Waals surface area contributed by atoms with Gasteiger partial charge in [-0.3, -0.25) is 0 Å². The molecule has 0 aromatic rings. The molecule has 1 fully saturated rings. The average molecular weight is 243 g/mol. The standard InChI is InChI=1S/C13H25NO3/c1-9(2)11-10(6-7-16-11)8-14-12(15)17-13(3,4)5/h9-11H,6-8H2,1-5H3,(H,14,15)/t10-,11-/m1/s1. The summed E-state index contributed by atoms with van der Waals surface area (Å²) in [4.78, 5) is 11.5. The highest BCUT2D eigenvalue weighted by Crippen LogP contribution is 2.26. The molecule has 0 spiro atoms. The van der Waals surface area contributed by atoms with E-state index in [0.29, 0.717) is 18.4 Å². The third kappa shape index (κ3) is 4.94. The number of rotatable bonds is 3. The molecule has 0 aromatic heterocycles. The van der Waals surface area contributed by atoms with Crippen LogP contribution < -0.4 is 5.32 Å². The largest absolute Gasteiger partial charge is 0.444 e. The van der Waals surface area contributed by atoms with Gasteiger partial charge in [-0.05, 0) is 33.1 Å². The first-order chi connectivity index (χ1) is 7.79. The van der Waals surface area contributed by atoms with E-state index in [1.54, 1.807) is 0 Å². The molecule has 0 saturated carbocycles. The molecule has 1 N–H and O–H groups in total. The van der Waals surface area contributed by atoms with E-state index in [1.165, 1.54) is 0 Å². The Balaban J connectivity index is 2.33. The molecule has 1 aliphatic rings. The van der Waals surface area contributed by atoms with Crippen LogP contribution in [0.4, 0.5) is 4.79 Å². The van der Waals surface area contributed by atoms with E-state index in [4.69, 9.17) is 9.47 Å². The molecule has 0 radical (unpaired) electrons. The lowest BCUT2D eigenvalue weighted by molar-refractivity contribution is 0.0429. The lowest BCUT2D eigenvalue weighted by Gasteiger charge is -2.24. The normalized spacial score (nSPS) is 25.1. The Morgan fingerprint density at radius 3 is 2.65 bits per heavy atom. The SMILES string of the molecule is CC(C)[C@H]1OCC[C@@H]1CNC(=O)OC(C)(C)C. The van der Waals surface area contributed by atoms with E-state index in [0.717, 1.165) is 13.0 Å². The first kappa shape index (κ1) is 14.3. The summed E-state index contributed by atoms with van der Waals surface area (Å²) in [6.07, 6.45) is 0.926. The van der Waals surface area contributed by atoms with Crippen LogP contribution in [-0.4, -0.2) is 30.9 Å². The Morgan fingerprint density at radius 1 is 1.47 bits per heavy atom. The summed E-state index contributed by atoms with van der Waals surface area (Å²) < 4.78 is 10.9. The predicted octanol–water partition coefficient (Wildman–Crippen LogP) is 2.57. The number of amides is 1. The molecule has 0 unspecified atom stereocenters. The Hall–Kier alpha value is -0.770. The maximum absolute atomic E-state index is 11.5. The lowest BCUT2D eigenvalue weighted by Crippen LogP contribution is -2.38. The number of alkyl carbamates (subject to hydrolysis) is 1. The lowest BCUT2D eigenvalue weighted by atomic mass is 9.93. The third-order valence-electron chi connectivity index (χ3n) is 2.83. The van der Waals surface area contributed by atoms with Gasteiger partial charge in [0, 0.05) is 19.1 Å². The van der Waals surface area contributed by atoms with Crippen molar-refractivity contribution in [2.45, 2.75) is 52.7 Å². The zero-order valence-corrected chi connectivity index (χ0v) is 11.6. The number of nitrogens with one attached hydrogen (secondary N) is 1. The van der Waals surface area contributed by atoms with Crippen LogP contribution >= 0.6 is 0 Å². The third-order valence-corrected chi connectivity index (χ3v) is 2.83. The van der Waals surface area contributed by atoms with Crippen LogP contribution in [0.15, 0.2) is 0 Å². The Kier molecular flexibility index (Phi) is 4.80. The van der Waals surface area contributed by atoms with Gasteiger partial charge >= 0.3 is 6.09 Å². The van der Waals surface area contributed by atoms with Crippen LogP contribution in [0.3, 0.4) is 0 Å². The minimum atomic E-state index is -0.437. The maximum Gasteiger partial charge on any atom is 0.407 e. The smallest absolute Gasteiger partial charge is 0.407 e. The van der Waals surface area contributed by atoms with E-state index >= 15 is 0 Å². The van der Waals surface area contributed by atoms with Crippen LogP contribution in [0, 0.1) is 11.8 Å². The summed E-state index contributed by atoms with van der Waals surface area (Å²) in [5.74, 6) is 0.894. The second kappa shape index (κ2) is 5.71. The highest BCUT2D eigenvalue weighted by atomic mass is 16.6. The Bertz CT molecular complexity index is 258. The molecule has 1 heterocycles. The molecule has 100 valence electrons. The van der Waals surface area contributed by atoms with Gasteiger partial charge in [-0.15, -0.1) is 0 Å². The van der Waals surface area contributed by atoms with Gasteiger partial charge in [-0.2, -0.15) is 0 Å². The van der Waals surface area contributed by atoms with Gasteiger partial charge in [-0.1, -0.05) is 13.8 Å². The van der Waals surface area contributed by atoms with Crippen molar-refractivity contribution < 1.29 is 14.3 Å². The van der Waals surface area contributed by atoms with Crippen LogP contribution in [-0.2, 0) is 9.47 Å². The highest BCUT2D eigenvalue weighted by molar-refractivity contribution is 5.67. The molecular weight excluding hydrogens is 218 g/mol. The van der Waals surface area contributed by atoms with Crippen molar-refractivity contribution in [3.05, 3.63) is 0 Å². The van der Waals surface area contributed by atoms with E-state index in [1.807, 2.05) is 20.8 Å². The van der Waals surface area contributed by atoms with Crippen molar-refractivity contribution in [1.82, 2.24) is 5.32 Å². The van der Waals surface area contributed by atoms with Crippen molar-refractivity contribution in [3.63, 3.8) is 0 Å². The first-order valence-electron chi connectivity index (χ1n) is 6.38. The number of carbonyl (C=O) groups excluding carboxylic acids is 1. The van der Waals surface area contributed by atoms with E-state index in [9.17, 15) is 4.79 Å². The number of ether oxygens (including phenoxy) is 2. The molecular formula is C13H25NO3. The van der Waals surface area contributed by atoms with Crippen molar-refractivity contribution in [2.75, 3.05) is 13.2 Å². The van der Waals surface area contributed by atoms with Gasteiger partial charge < -0.3 is 14.8 Å². The van der Waals surface area contributed by atoms with Gasteiger partial charge in [0.1, 0.15) is 5.60 Å². The van der Waals surface area contributed by atoms with Crippen molar-refractivity contribution in [2.24, 2.45) is 11.8 Å². The van der Waals surface area contributed by atoms with E-state index in [2.05, 4.69) is 19.2 Å². The van der Waals surface area contributed by atoms with Gasteiger partial charge in [0.05, 0.1) is 6.10 Å². The Labute approximate surface area is 104 Å². The molecule has 2 atom stereocenters. The molecule has 17 heavy (non-hydrogen) atoms. The van der Waals surface area contributed by atoms with Gasteiger partial charge in [0.25, 0.3) is 0 Å². The molecule has 4 heteroatoms. The molecule has 0 bridgehead atoms. The maximum atomic E-state index is 11.5. The summed E-state index contributed by atoms with van der Waals surface area (Å²) in [5, 5.41) is 2.82.